The fraction of sp³-hybridized carbons (Fsp3) is 0.417. The van der Waals surface area contributed by atoms with Gasteiger partial charge in [-0.25, -0.2) is 0 Å². The van der Waals surface area contributed by atoms with Gasteiger partial charge in [-0.15, -0.1) is 0 Å². The molecule has 0 N–H and O–H groups in total. The van der Waals surface area contributed by atoms with Gasteiger partial charge < -0.3 is 14.4 Å². The second kappa shape index (κ2) is 8.68. The number of para-hydroxylation sites is 1. The van der Waals surface area contributed by atoms with Gasteiger partial charge in [0.25, 0.3) is 0 Å². The monoisotopic (exact) mass is 427 g/mol. The largest absolute Gasteiger partial charge is 0.493 e. The van der Waals surface area contributed by atoms with Crippen molar-refractivity contribution in [3.63, 3.8) is 0 Å². The van der Waals surface area contributed by atoms with E-state index in [1.807, 2.05) is 36.1 Å². The van der Waals surface area contributed by atoms with Crippen molar-refractivity contribution in [2.45, 2.75) is 44.6 Å². The highest BCUT2D eigenvalue weighted by molar-refractivity contribution is 6.31. The molecule has 0 atom stereocenters. The molecule has 158 valence electrons. The molecule has 2 aromatic rings. The summed E-state index contributed by atoms with van der Waals surface area (Å²) in [5, 5.41) is 0.536. The minimum absolute atomic E-state index is 0.0619. The van der Waals surface area contributed by atoms with Crippen molar-refractivity contribution in [1.82, 2.24) is 4.90 Å². The fourth-order valence-corrected chi connectivity index (χ4v) is 4.36. The van der Waals surface area contributed by atoms with Crippen LogP contribution >= 0.6 is 11.6 Å². The van der Waals surface area contributed by atoms with Crippen LogP contribution in [0.1, 0.15) is 48.0 Å². The van der Waals surface area contributed by atoms with Crippen molar-refractivity contribution < 1.29 is 19.1 Å². The Labute approximate surface area is 181 Å². The van der Waals surface area contributed by atoms with E-state index < -0.39 is 5.60 Å². The molecule has 2 aromatic carbocycles. The summed E-state index contributed by atoms with van der Waals surface area (Å²) in [6.45, 7) is 3.74. The maximum absolute atomic E-state index is 12.6. The van der Waals surface area contributed by atoms with E-state index in [1.165, 1.54) is 0 Å². The number of Topliss-reactive ketones (excluding diaryl/α,β-unsaturated/α-hetero) is 1. The van der Waals surface area contributed by atoms with Crippen LogP contribution in [0.5, 0.6) is 11.5 Å². The van der Waals surface area contributed by atoms with Gasteiger partial charge in [-0.05, 0) is 43.2 Å². The number of piperidine rings is 1. The normalized spacial score (nSPS) is 17.4. The first-order chi connectivity index (χ1) is 14.5. The van der Waals surface area contributed by atoms with Gasteiger partial charge in [0, 0.05) is 37.4 Å². The number of ketones is 1. The van der Waals surface area contributed by atoms with E-state index in [4.69, 9.17) is 21.1 Å². The van der Waals surface area contributed by atoms with Crippen molar-refractivity contribution in [2.24, 2.45) is 0 Å². The van der Waals surface area contributed by atoms with Gasteiger partial charge in [0.15, 0.2) is 5.78 Å². The predicted octanol–water partition coefficient (Wildman–Crippen LogP) is 4.83. The molecule has 2 aliphatic heterocycles. The number of hydrogen-bond donors (Lipinski definition) is 0. The Bertz CT molecular complexity index is 950. The molecule has 2 aliphatic rings. The van der Waals surface area contributed by atoms with Gasteiger partial charge in [-0.3, -0.25) is 9.59 Å². The lowest BCUT2D eigenvalue weighted by molar-refractivity contribution is -0.135. The Hall–Kier alpha value is -2.53. The lowest BCUT2D eigenvalue weighted by Gasteiger charge is -2.44. The van der Waals surface area contributed by atoms with Crippen LogP contribution in [0.2, 0.25) is 5.02 Å². The van der Waals surface area contributed by atoms with Crippen molar-refractivity contribution in [3.05, 3.63) is 58.6 Å². The van der Waals surface area contributed by atoms with E-state index in [0.29, 0.717) is 68.1 Å². The van der Waals surface area contributed by atoms with Crippen LogP contribution in [0.25, 0.3) is 0 Å². The van der Waals surface area contributed by atoms with Gasteiger partial charge in [0.2, 0.25) is 5.91 Å². The number of likely N-dealkylation sites (tertiary alicyclic amines) is 1. The number of halogens is 1. The Morgan fingerprint density at radius 2 is 1.97 bits per heavy atom. The van der Waals surface area contributed by atoms with Crippen LogP contribution in [-0.2, 0) is 4.79 Å². The quantitative estimate of drug-likeness (QED) is 0.641. The van der Waals surface area contributed by atoms with Crippen molar-refractivity contribution in [3.8, 4) is 11.5 Å². The van der Waals surface area contributed by atoms with Gasteiger partial charge in [0.05, 0.1) is 18.6 Å². The highest BCUT2D eigenvalue weighted by Gasteiger charge is 2.43. The van der Waals surface area contributed by atoms with E-state index >= 15 is 0 Å². The SMILES string of the molecule is Cc1ccccc1OCCCC(=O)N1CCC2(CC1)CC(=O)c1cc(Cl)ccc1O2. The summed E-state index contributed by atoms with van der Waals surface area (Å²) in [5.74, 6) is 1.66. The number of ether oxygens (including phenoxy) is 2. The molecule has 0 aromatic heterocycles. The second-order valence-electron chi connectivity index (χ2n) is 8.12. The van der Waals surface area contributed by atoms with Crippen molar-refractivity contribution in [1.29, 1.82) is 0 Å². The van der Waals surface area contributed by atoms with E-state index in [2.05, 4.69) is 0 Å². The fourth-order valence-electron chi connectivity index (χ4n) is 4.19. The Kier molecular flexibility index (Phi) is 6.00. The number of aryl methyl sites for hydroxylation is 1. The third kappa shape index (κ3) is 4.46. The molecule has 30 heavy (non-hydrogen) atoms. The van der Waals surface area contributed by atoms with E-state index in [-0.39, 0.29) is 11.7 Å². The molecule has 1 saturated heterocycles. The van der Waals surface area contributed by atoms with Gasteiger partial charge >= 0.3 is 0 Å². The molecule has 0 unspecified atom stereocenters. The van der Waals surface area contributed by atoms with E-state index in [1.54, 1.807) is 18.2 Å². The number of benzene rings is 2. The maximum atomic E-state index is 12.6. The molecule has 1 amide bonds. The van der Waals surface area contributed by atoms with Crippen LogP contribution in [0.4, 0.5) is 0 Å². The average molecular weight is 428 g/mol. The van der Waals surface area contributed by atoms with Crippen LogP contribution in [0.15, 0.2) is 42.5 Å². The van der Waals surface area contributed by atoms with Crippen molar-refractivity contribution >= 4 is 23.3 Å². The molecular weight excluding hydrogens is 402 g/mol. The summed E-state index contributed by atoms with van der Waals surface area (Å²) >= 11 is 6.01. The molecule has 0 radical (unpaired) electrons. The molecular formula is C24H26ClNO4. The minimum atomic E-state index is -0.511. The summed E-state index contributed by atoms with van der Waals surface area (Å²) < 4.78 is 12.0. The Morgan fingerprint density at radius 3 is 2.73 bits per heavy atom. The van der Waals surface area contributed by atoms with Crippen LogP contribution < -0.4 is 9.47 Å². The number of carbonyl (C=O) groups excluding carboxylic acids is 2. The summed E-state index contributed by atoms with van der Waals surface area (Å²) in [6.07, 6.45) is 2.79. The predicted molar refractivity (Wildman–Crippen MR) is 115 cm³/mol. The summed E-state index contributed by atoms with van der Waals surface area (Å²) in [4.78, 5) is 27.1. The highest BCUT2D eigenvalue weighted by atomic mass is 35.5. The molecule has 5 nitrogen and oxygen atoms in total. The van der Waals surface area contributed by atoms with E-state index in [0.717, 1.165) is 11.3 Å². The summed E-state index contributed by atoms with van der Waals surface area (Å²) in [7, 11) is 0. The molecule has 4 rings (SSSR count). The number of hydrogen-bond acceptors (Lipinski definition) is 4. The van der Waals surface area contributed by atoms with Crippen LogP contribution in [0, 0.1) is 6.92 Å². The topological polar surface area (TPSA) is 55.8 Å². The lowest BCUT2D eigenvalue weighted by Crippen LogP contribution is -2.52. The zero-order valence-corrected chi connectivity index (χ0v) is 17.9. The first-order valence-electron chi connectivity index (χ1n) is 10.4. The number of rotatable bonds is 5. The zero-order valence-electron chi connectivity index (χ0n) is 17.2. The molecule has 1 fully saturated rings. The summed E-state index contributed by atoms with van der Waals surface area (Å²) in [5.41, 5.74) is 1.14. The third-order valence-corrected chi connectivity index (χ3v) is 6.20. The van der Waals surface area contributed by atoms with Crippen molar-refractivity contribution in [2.75, 3.05) is 19.7 Å². The number of nitrogens with zero attached hydrogens (tertiary/aromatic N) is 1. The molecule has 2 heterocycles. The summed E-state index contributed by atoms with van der Waals surface area (Å²) in [6, 6.07) is 13.1. The molecule has 0 bridgehead atoms. The third-order valence-electron chi connectivity index (χ3n) is 5.96. The number of amides is 1. The molecule has 6 heteroatoms. The van der Waals surface area contributed by atoms with Gasteiger partial charge in [-0.1, -0.05) is 29.8 Å². The van der Waals surface area contributed by atoms with Crippen LogP contribution in [0.3, 0.4) is 0 Å². The molecule has 1 spiro atoms. The Morgan fingerprint density at radius 1 is 1.20 bits per heavy atom. The first kappa shape index (κ1) is 20.7. The lowest BCUT2D eigenvalue weighted by atomic mass is 9.82. The minimum Gasteiger partial charge on any atom is -0.493 e. The zero-order chi connectivity index (χ0) is 21.1. The number of fused-ring (bicyclic) bond motifs is 1. The first-order valence-corrected chi connectivity index (χ1v) is 10.8. The molecule has 0 saturated carbocycles. The average Bonchev–Trinajstić information content (AvgIpc) is 2.73. The van der Waals surface area contributed by atoms with E-state index in [9.17, 15) is 9.59 Å². The van der Waals surface area contributed by atoms with Crippen LogP contribution in [-0.4, -0.2) is 41.9 Å². The van der Waals surface area contributed by atoms with Gasteiger partial charge in [0.1, 0.15) is 17.1 Å². The maximum Gasteiger partial charge on any atom is 0.222 e. The van der Waals surface area contributed by atoms with Gasteiger partial charge in [-0.2, -0.15) is 0 Å². The Balaban J connectivity index is 1.26. The standard InChI is InChI=1S/C24H26ClNO4/c1-17-5-2-3-6-21(17)29-14-4-7-23(28)26-12-10-24(11-13-26)16-20(27)19-15-18(25)8-9-22(19)30-24/h2-3,5-6,8-9,15H,4,7,10-14,16H2,1H3. The highest BCUT2D eigenvalue weighted by Crippen LogP contribution is 2.40. The smallest absolute Gasteiger partial charge is 0.222 e. The molecule has 0 aliphatic carbocycles. The number of carbonyl (C=O) groups is 2. The second-order valence-corrected chi connectivity index (χ2v) is 8.56.